The van der Waals surface area contributed by atoms with Crippen LogP contribution in [0.5, 0.6) is 5.75 Å². The van der Waals surface area contributed by atoms with Gasteiger partial charge in [0.25, 0.3) is 11.5 Å². The zero-order valence-corrected chi connectivity index (χ0v) is 32.0. The lowest BCUT2D eigenvalue weighted by molar-refractivity contribution is -0.137. The molecule has 298 valence electrons. The predicted molar refractivity (Wildman–Crippen MR) is 202 cm³/mol. The van der Waals surface area contributed by atoms with Gasteiger partial charge in [0, 0.05) is 48.4 Å². The van der Waals surface area contributed by atoms with Crippen molar-refractivity contribution in [3.05, 3.63) is 85.9 Å². The monoisotopic (exact) mass is 806 g/mol. The van der Waals surface area contributed by atoms with E-state index in [4.69, 9.17) is 31.4 Å². The molecule has 6 heterocycles. The van der Waals surface area contributed by atoms with Gasteiger partial charge in [-0.2, -0.15) is 22.7 Å². The van der Waals surface area contributed by atoms with Crippen molar-refractivity contribution < 1.29 is 32.6 Å². The molecule has 2 amide bonds. The third-order valence-electron chi connectivity index (χ3n) is 11.2. The Morgan fingerprint density at radius 3 is 2.46 bits per heavy atom. The Labute approximate surface area is 328 Å². The van der Waals surface area contributed by atoms with E-state index in [1.54, 1.807) is 16.4 Å². The molecule has 8 rings (SSSR count). The fourth-order valence-electron chi connectivity index (χ4n) is 8.38. The summed E-state index contributed by atoms with van der Waals surface area (Å²) in [6, 6.07) is 6.38. The number of fused-ring (bicyclic) bond motifs is 3. The second-order valence-corrected chi connectivity index (χ2v) is 15.2. The number of aromatic nitrogens is 7. The van der Waals surface area contributed by atoms with Gasteiger partial charge in [-0.1, -0.05) is 18.5 Å². The van der Waals surface area contributed by atoms with Crippen LogP contribution in [0.3, 0.4) is 0 Å². The number of benzene rings is 1. The summed E-state index contributed by atoms with van der Waals surface area (Å²) in [6.45, 7) is 8.08. The molecule has 1 aromatic carbocycles. The number of hydrogen-bond donors (Lipinski definition) is 2. The number of rotatable bonds is 6. The van der Waals surface area contributed by atoms with Crippen LogP contribution in [0.2, 0.25) is 5.02 Å². The molecule has 2 fully saturated rings. The molecule has 0 bridgehead atoms. The van der Waals surface area contributed by atoms with E-state index in [1.807, 2.05) is 26.0 Å². The van der Waals surface area contributed by atoms with E-state index in [9.17, 15) is 32.7 Å². The number of amides is 2. The molecule has 4 aromatic heterocycles. The number of carbonyl (C=O) groups excluding carboxylic acids is 2. The number of carbonyl (C=O) groups is 2. The molecule has 5 aromatic rings. The third kappa shape index (κ3) is 6.83. The summed E-state index contributed by atoms with van der Waals surface area (Å²) in [7, 11) is 0. The van der Waals surface area contributed by atoms with E-state index in [-0.39, 0.29) is 65.0 Å². The number of anilines is 2. The fraction of sp³-hybridized carbons (Fsp3) is 0.421. The number of alkyl halides is 3. The van der Waals surface area contributed by atoms with Crippen molar-refractivity contribution >= 4 is 40.7 Å². The van der Waals surface area contributed by atoms with E-state index >= 15 is 0 Å². The van der Waals surface area contributed by atoms with Gasteiger partial charge in [-0.05, 0) is 69.4 Å². The first kappa shape index (κ1) is 38.3. The van der Waals surface area contributed by atoms with Crippen LogP contribution in [-0.4, -0.2) is 95.3 Å². The molecule has 1 aliphatic carbocycles. The summed E-state index contributed by atoms with van der Waals surface area (Å²) in [4.78, 5) is 63.3. The van der Waals surface area contributed by atoms with Gasteiger partial charge in [0.15, 0.2) is 17.3 Å². The van der Waals surface area contributed by atoms with Crippen LogP contribution >= 0.6 is 11.6 Å². The Kier molecular flexibility index (Phi) is 9.66. The molecule has 3 aliphatic rings. The molecule has 2 saturated heterocycles. The predicted octanol–water partition coefficient (Wildman–Crippen LogP) is 4.89. The highest BCUT2D eigenvalue weighted by Crippen LogP contribution is 2.50. The summed E-state index contributed by atoms with van der Waals surface area (Å²) >= 11 is 6.20. The highest BCUT2D eigenvalue weighted by Gasteiger charge is 2.49. The van der Waals surface area contributed by atoms with Crippen molar-refractivity contribution in [2.24, 2.45) is 0 Å². The lowest BCUT2D eigenvalue weighted by atomic mass is 9.73. The first-order valence-corrected chi connectivity index (χ1v) is 18.8. The standard InChI is InChI=1S/C38H38ClF3N10O5/c1-20-17-37(8-10-50(11-9-37)35(56)30-32(54)22(3)43-19-44-30)29-31(20)51(18-28(53)46-26-6-4-23(16-25(26)39)38(40,41)42)36-47-33(48-52(36)34(29)55)24-5-7-27(45-21(24)2)49-12-14-57-15-13-49/h4-7,16,19-20,54H,8-15,17-18H2,1-3H3,(H,46,53). The summed E-state index contributed by atoms with van der Waals surface area (Å²) in [5, 5.41) is 17.5. The van der Waals surface area contributed by atoms with E-state index in [2.05, 4.69) is 20.2 Å². The molecule has 0 saturated carbocycles. The zero-order chi connectivity index (χ0) is 40.4. The van der Waals surface area contributed by atoms with E-state index in [1.165, 1.54) is 10.8 Å². The van der Waals surface area contributed by atoms with Crippen LogP contribution < -0.4 is 15.8 Å². The maximum Gasteiger partial charge on any atom is 0.416 e. The van der Waals surface area contributed by atoms with E-state index < -0.39 is 34.5 Å². The summed E-state index contributed by atoms with van der Waals surface area (Å²) in [5.74, 6) is -0.503. The number of nitrogens with one attached hydrogen (secondary N) is 1. The lowest BCUT2D eigenvalue weighted by Crippen LogP contribution is -2.46. The zero-order valence-electron chi connectivity index (χ0n) is 31.2. The van der Waals surface area contributed by atoms with Crippen LogP contribution in [0, 0.1) is 13.8 Å². The van der Waals surface area contributed by atoms with Crippen molar-refractivity contribution in [2.45, 2.75) is 64.1 Å². The number of halogens is 4. The minimum Gasteiger partial charge on any atom is -0.504 e. The molecule has 1 unspecified atom stereocenters. The third-order valence-corrected chi connectivity index (χ3v) is 11.5. The summed E-state index contributed by atoms with van der Waals surface area (Å²) in [6.07, 6.45) is -2.05. The van der Waals surface area contributed by atoms with Gasteiger partial charge in [-0.15, -0.1) is 5.10 Å². The molecule has 2 N–H and O–H groups in total. The molecule has 57 heavy (non-hydrogen) atoms. The van der Waals surface area contributed by atoms with Crippen molar-refractivity contribution in [1.82, 2.24) is 39.0 Å². The van der Waals surface area contributed by atoms with Gasteiger partial charge in [0.05, 0.1) is 40.9 Å². The summed E-state index contributed by atoms with van der Waals surface area (Å²) < 4.78 is 48.3. The minimum atomic E-state index is -4.62. The number of aromatic hydroxyl groups is 1. The van der Waals surface area contributed by atoms with Crippen LogP contribution in [-0.2, 0) is 27.7 Å². The van der Waals surface area contributed by atoms with Crippen molar-refractivity contribution in [2.75, 3.05) is 49.6 Å². The Hall–Kier alpha value is -5.62. The highest BCUT2D eigenvalue weighted by atomic mass is 35.5. The first-order valence-electron chi connectivity index (χ1n) is 18.5. The van der Waals surface area contributed by atoms with Gasteiger partial charge in [0.2, 0.25) is 11.7 Å². The quantitative estimate of drug-likeness (QED) is 0.239. The van der Waals surface area contributed by atoms with Gasteiger partial charge in [-0.3, -0.25) is 14.4 Å². The molecule has 1 spiro atoms. The number of ether oxygens (including phenoxy) is 1. The fourth-order valence-corrected chi connectivity index (χ4v) is 8.61. The molecular weight excluding hydrogens is 769 g/mol. The first-order chi connectivity index (χ1) is 27.1. The number of likely N-dealkylation sites (tertiary alicyclic amines) is 1. The van der Waals surface area contributed by atoms with Gasteiger partial charge >= 0.3 is 6.18 Å². The van der Waals surface area contributed by atoms with Gasteiger partial charge in [0.1, 0.15) is 18.7 Å². The van der Waals surface area contributed by atoms with Crippen molar-refractivity contribution in [3.63, 3.8) is 0 Å². The van der Waals surface area contributed by atoms with Crippen LogP contribution in [0.4, 0.5) is 24.7 Å². The van der Waals surface area contributed by atoms with E-state index in [0.717, 1.165) is 24.0 Å². The molecule has 2 aliphatic heterocycles. The van der Waals surface area contributed by atoms with Crippen LogP contribution in [0.25, 0.3) is 17.2 Å². The minimum absolute atomic E-state index is 0.0148. The van der Waals surface area contributed by atoms with Crippen LogP contribution in [0.15, 0.2) is 41.5 Å². The second kappa shape index (κ2) is 14.4. The molecule has 1 atom stereocenters. The Morgan fingerprint density at radius 1 is 1.04 bits per heavy atom. The SMILES string of the molecule is Cc1nc(N2CCOCC2)ccc1-c1nc2n(CC(=O)Nc3ccc(C(F)(F)F)cc3Cl)c3c(c(=O)n2n1)C1(CCN(C(=O)c2ncnc(C)c2O)CC1)CC3C. The normalized spacial score (nSPS) is 18.0. The molecule has 0 radical (unpaired) electrons. The lowest BCUT2D eigenvalue weighted by Gasteiger charge is -2.39. The Morgan fingerprint density at radius 2 is 1.77 bits per heavy atom. The number of pyridine rings is 1. The number of hydrogen-bond acceptors (Lipinski definition) is 11. The molecule has 15 nitrogen and oxygen atoms in total. The maximum atomic E-state index is 14.7. The topological polar surface area (TPSA) is 173 Å². The smallest absolute Gasteiger partial charge is 0.416 e. The molecule has 19 heteroatoms. The number of nitrogens with zero attached hydrogens (tertiary/aromatic N) is 9. The maximum absolute atomic E-state index is 14.7. The second-order valence-electron chi connectivity index (χ2n) is 14.8. The number of piperidine rings is 1. The van der Waals surface area contributed by atoms with Crippen molar-refractivity contribution in [1.29, 1.82) is 0 Å². The average molecular weight is 807 g/mol. The van der Waals surface area contributed by atoms with Crippen molar-refractivity contribution in [3.8, 4) is 17.1 Å². The molecular formula is C38H38ClF3N10O5. The van der Waals surface area contributed by atoms with Crippen LogP contribution in [0.1, 0.15) is 70.8 Å². The largest absolute Gasteiger partial charge is 0.504 e. The van der Waals surface area contributed by atoms with Gasteiger partial charge < -0.3 is 29.5 Å². The number of morpholine rings is 1. The highest BCUT2D eigenvalue weighted by molar-refractivity contribution is 6.33. The summed E-state index contributed by atoms with van der Waals surface area (Å²) in [5.41, 5.74) is 0.373. The Bertz CT molecular complexity index is 2490. The number of aryl methyl sites for hydroxylation is 2. The van der Waals surface area contributed by atoms with Gasteiger partial charge in [-0.25, -0.2) is 15.0 Å². The Balaban J connectivity index is 1.18. The average Bonchev–Trinajstić information content (AvgIpc) is 3.75. The van der Waals surface area contributed by atoms with E-state index in [0.29, 0.717) is 68.1 Å².